The summed E-state index contributed by atoms with van der Waals surface area (Å²) in [6.45, 7) is 3.05. The van der Waals surface area contributed by atoms with Crippen LogP contribution in [-0.4, -0.2) is 16.5 Å². The smallest absolute Gasteiger partial charge is 0.311 e. The van der Waals surface area contributed by atoms with E-state index in [0.29, 0.717) is 11.2 Å². The zero-order valence-electron chi connectivity index (χ0n) is 10.5. The second-order valence-electron chi connectivity index (χ2n) is 4.92. The van der Waals surface area contributed by atoms with Gasteiger partial charge in [-0.2, -0.15) is 0 Å². The van der Waals surface area contributed by atoms with Crippen LogP contribution in [0.4, 0.5) is 17.3 Å². The molecular formula is C12H18N4O2. The number of rotatable bonds is 5. The van der Waals surface area contributed by atoms with Crippen LogP contribution in [0.5, 0.6) is 0 Å². The molecule has 0 bridgehead atoms. The lowest BCUT2D eigenvalue weighted by atomic mass is 9.67. The van der Waals surface area contributed by atoms with E-state index < -0.39 is 4.92 Å². The van der Waals surface area contributed by atoms with Crippen molar-refractivity contribution >= 4 is 17.3 Å². The van der Waals surface area contributed by atoms with E-state index in [0.717, 1.165) is 13.0 Å². The lowest BCUT2D eigenvalue weighted by molar-refractivity contribution is -0.384. The normalized spacial score (nSPS) is 16.9. The molecule has 0 atom stereocenters. The number of aromatic nitrogens is 1. The van der Waals surface area contributed by atoms with Crippen molar-refractivity contribution in [1.82, 2.24) is 4.98 Å². The fourth-order valence-electron chi connectivity index (χ4n) is 2.33. The summed E-state index contributed by atoms with van der Waals surface area (Å²) in [7, 11) is 0. The Kier molecular flexibility index (Phi) is 3.36. The maximum atomic E-state index is 10.6. The van der Waals surface area contributed by atoms with Gasteiger partial charge in [0.05, 0.1) is 4.92 Å². The third-order valence-electron chi connectivity index (χ3n) is 3.91. The highest BCUT2D eigenvalue weighted by Gasteiger charge is 2.34. The van der Waals surface area contributed by atoms with Crippen molar-refractivity contribution in [2.45, 2.75) is 32.6 Å². The first-order chi connectivity index (χ1) is 8.56. The lowest BCUT2D eigenvalue weighted by Gasteiger charge is -2.41. The number of nitrogens with one attached hydrogen (secondary N) is 1. The molecule has 1 aliphatic rings. The molecule has 0 radical (unpaired) electrons. The van der Waals surface area contributed by atoms with Crippen LogP contribution in [0.25, 0.3) is 0 Å². The van der Waals surface area contributed by atoms with Crippen LogP contribution in [-0.2, 0) is 0 Å². The molecule has 3 N–H and O–H groups in total. The molecule has 2 rings (SSSR count). The zero-order valence-corrected chi connectivity index (χ0v) is 10.5. The largest absolute Gasteiger partial charge is 0.378 e. The van der Waals surface area contributed by atoms with Crippen LogP contribution < -0.4 is 11.1 Å². The summed E-state index contributed by atoms with van der Waals surface area (Å²) in [4.78, 5) is 14.1. The van der Waals surface area contributed by atoms with Crippen molar-refractivity contribution < 1.29 is 4.92 Å². The van der Waals surface area contributed by atoms with Gasteiger partial charge in [0.1, 0.15) is 5.82 Å². The lowest BCUT2D eigenvalue weighted by Crippen LogP contribution is -2.36. The van der Waals surface area contributed by atoms with Crippen molar-refractivity contribution in [3.63, 3.8) is 0 Å². The van der Waals surface area contributed by atoms with Crippen LogP contribution >= 0.6 is 0 Å². The van der Waals surface area contributed by atoms with Gasteiger partial charge in [-0.15, -0.1) is 0 Å². The quantitative estimate of drug-likeness (QED) is 0.618. The second-order valence-corrected chi connectivity index (χ2v) is 4.92. The average molecular weight is 250 g/mol. The van der Waals surface area contributed by atoms with E-state index in [4.69, 9.17) is 5.73 Å². The Morgan fingerprint density at radius 1 is 1.56 bits per heavy atom. The molecule has 1 aromatic heterocycles. The SMILES string of the molecule is CCC1(CNc2ccc([N+](=O)[O-])c(N)n2)CCC1. The summed E-state index contributed by atoms with van der Waals surface area (Å²) in [6, 6.07) is 3.00. The molecule has 0 aromatic carbocycles. The number of anilines is 2. The number of pyridine rings is 1. The molecule has 0 unspecified atom stereocenters. The number of nitrogen functional groups attached to an aromatic ring is 1. The Bertz CT molecular complexity index is 452. The zero-order chi connectivity index (χ0) is 13.2. The third kappa shape index (κ3) is 2.37. The highest BCUT2D eigenvalue weighted by Crippen LogP contribution is 2.43. The van der Waals surface area contributed by atoms with E-state index in [9.17, 15) is 10.1 Å². The summed E-state index contributed by atoms with van der Waals surface area (Å²) in [5.74, 6) is 0.571. The van der Waals surface area contributed by atoms with Crippen molar-refractivity contribution in [3.05, 3.63) is 22.2 Å². The summed E-state index contributed by atoms with van der Waals surface area (Å²) >= 11 is 0. The molecule has 1 fully saturated rings. The van der Waals surface area contributed by atoms with E-state index in [1.165, 1.54) is 25.3 Å². The van der Waals surface area contributed by atoms with Gasteiger partial charge in [-0.25, -0.2) is 4.98 Å². The fourth-order valence-corrected chi connectivity index (χ4v) is 2.33. The third-order valence-corrected chi connectivity index (χ3v) is 3.91. The topological polar surface area (TPSA) is 94.1 Å². The number of nitrogens with two attached hydrogens (primary N) is 1. The highest BCUT2D eigenvalue weighted by molar-refractivity contribution is 5.57. The summed E-state index contributed by atoms with van der Waals surface area (Å²) in [5, 5.41) is 13.8. The Balaban J connectivity index is 2.02. The molecular weight excluding hydrogens is 232 g/mol. The molecule has 6 heteroatoms. The van der Waals surface area contributed by atoms with Crippen molar-refractivity contribution in [2.24, 2.45) is 5.41 Å². The van der Waals surface area contributed by atoms with Crippen molar-refractivity contribution in [2.75, 3.05) is 17.6 Å². The molecule has 0 saturated heterocycles. The first-order valence-electron chi connectivity index (χ1n) is 6.21. The van der Waals surface area contributed by atoms with Crippen LogP contribution in [0, 0.1) is 15.5 Å². The highest BCUT2D eigenvalue weighted by atomic mass is 16.6. The predicted molar refractivity (Wildman–Crippen MR) is 70.4 cm³/mol. The van der Waals surface area contributed by atoms with Gasteiger partial charge in [-0.3, -0.25) is 10.1 Å². The van der Waals surface area contributed by atoms with Crippen LogP contribution in [0.2, 0.25) is 0 Å². The molecule has 0 spiro atoms. The van der Waals surface area contributed by atoms with Gasteiger partial charge in [0.25, 0.3) is 0 Å². The number of hydrogen-bond donors (Lipinski definition) is 2. The molecule has 1 aliphatic carbocycles. The number of hydrogen-bond acceptors (Lipinski definition) is 5. The van der Waals surface area contributed by atoms with Gasteiger partial charge in [-0.05, 0) is 30.7 Å². The van der Waals surface area contributed by atoms with E-state index in [-0.39, 0.29) is 11.5 Å². The van der Waals surface area contributed by atoms with Gasteiger partial charge >= 0.3 is 5.69 Å². The Morgan fingerprint density at radius 3 is 2.72 bits per heavy atom. The van der Waals surface area contributed by atoms with Crippen molar-refractivity contribution in [3.8, 4) is 0 Å². The fraction of sp³-hybridized carbons (Fsp3) is 0.583. The molecule has 6 nitrogen and oxygen atoms in total. The van der Waals surface area contributed by atoms with Gasteiger partial charge in [0.2, 0.25) is 5.82 Å². The molecule has 1 aromatic rings. The van der Waals surface area contributed by atoms with E-state index in [2.05, 4.69) is 17.2 Å². The van der Waals surface area contributed by atoms with Gasteiger partial charge < -0.3 is 11.1 Å². The molecule has 98 valence electrons. The molecule has 18 heavy (non-hydrogen) atoms. The predicted octanol–water partition coefficient (Wildman–Crippen LogP) is 2.56. The molecule has 0 aliphatic heterocycles. The first kappa shape index (κ1) is 12.6. The molecule has 0 amide bonds. The monoisotopic (exact) mass is 250 g/mol. The maximum absolute atomic E-state index is 10.6. The number of nitrogens with zero attached hydrogens (tertiary/aromatic N) is 2. The Morgan fingerprint density at radius 2 is 2.28 bits per heavy atom. The van der Waals surface area contributed by atoms with Gasteiger partial charge in [-0.1, -0.05) is 13.3 Å². The van der Waals surface area contributed by atoms with Crippen molar-refractivity contribution in [1.29, 1.82) is 0 Å². The maximum Gasteiger partial charge on any atom is 0.311 e. The standard InChI is InChI=1S/C12H18N4O2/c1-2-12(6-3-7-12)8-14-10-5-4-9(16(17)18)11(13)15-10/h4-5H,2-3,6-8H2,1H3,(H3,13,14,15). The average Bonchev–Trinajstić information content (AvgIpc) is 2.27. The molecule has 1 saturated carbocycles. The summed E-state index contributed by atoms with van der Waals surface area (Å²) in [5.41, 5.74) is 5.78. The van der Waals surface area contributed by atoms with Crippen LogP contribution in [0.15, 0.2) is 12.1 Å². The second kappa shape index (κ2) is 4.80. The number of nitro groups is 1. The summed E-state index contributed by atoms with van der Waals surface area (Å²) < 4.78 is 0. The minimum absolute atomic E-state index is 0.0378. The first-order valence-corrected chi connectivity index (χ1v) is 6.21. The van der Waals surface area contributed by atoms with Crippen LogP contribution in [0.3, 0.4) is 0 Å². The van der Waals surface area contributed by atoms with E-state index >= 15 is 0 Å². The Hall–Kier alpha value is -1.85. The molecule has 1 heterocycles. The van der Waals surface area contributed by atoms with Crippen LogP contribution in [0.1, 0.15) is 32.6 Å². The minimum Gasteiger partial charge on any atom is -0.378 e. The summed E-state index contributed by atoms with van der Waals surface area (Å²) in [6.07, 6.45) is 4.89. The van der Waals surface area contributed by atoms with Gasteiger partial charge in [0, 0.05) is 12.6 Å². The Labute approximate surface area is 106 Å². The van der Waals surface area contributed by atoms with E-state index in [1.54, 1.807) is 6.07 Å². The van der Waals surface area contributed by atoms with Gasteiger partial charge in [0.15, 0.2) is 0 Å². The minimum atomic E-state index is -0.522. The van der Waals surface area contributed by atoms with E-state index in [1.807, 2.05) is 0 Å².